The molecule has 96 valence electrons. The molecular weight excluding hydrogens is 334 g/mol. The van der Waals surface area contributed by atoms with Crippen LogP contribution in [0.4, 0.5) is 0 Å². The van der Waals surface area contributed by atoms with Crippen LogP contribution >= 0.6 is 38.9 Å². The second-order valence-corrected chi connectivity index (χ2v) is 6.15. The highest BCUT2D eigenvalue weighted by molar-refractivity contribution is 9.10. The van der Waals surface area contributed by atoms with E-state index in [1.807, 2.05) is 29.6 Å². The Kier molecular flexibility index (Phi) is 4.81. The van der Waals surface area contributed by atoms with E-state index in [-0.39, 0.29) is 5.92 Å². The molecule has 5 heteroatoms. The molecule has 1 aromatic heterocycles. The number of benzene rings is 1. The molecule has 0 radical (unpaired) electrons. The number of hydrogen-bond acceptors (Lipinski definition) is 3. The second-order valence-electron chi connectivity index (χ2n) is 3.94. The maximum atomic E-state index is 10.5. The van der Waals surface area contributed by atoms with E-state index in [2.05, 4.69) is 15.9 Å². The summed E-state index contributed by atoms with van der Waals surface area (Å²) in [5.74, 6) is -0.170. The normalized spacial score (nSPS) is 14.4. The van der Waals surface area contributed by atoms with E-state index in [0.29, 0.717) is 11.6 Å². The number of thiophene rings is 1. The highest BCUT2D eigenvalue weighted by Crippen LogP contribution is 2.39. The van der Waals surface area contributed by atoms with Gasteiger partial charge in [-0.2, -0.15) is 0 Å². The number of rotatable bonds is 4. The van der Waals surface area contributed by atoms with Gasteiger partial charge in [0.25, 0.3) is 0 Å². The summed E-state index contributed by atoms with van der Waals surface area (Å²) < 4.78 is 0.951. The van der Waals surface area contributed by atoms with Gasteiger partial charge in [-0.3, -0.25) is 0 Å². The van der Waals surface area contributed by atoms with Crippen molar-refractivity contribution in [1.82, 2.24) is 0 Å². The molecule has 1 aromatic carbocycles. The van der Waals surface area contributed by atoms with Crippen LogP contribution in [0.25, 0.3) is 0 Å². The second kappa shape index (κ2) is 6.17. The molecule has 2 unspecified atom stereocenters. The summed E-state index contributed by atoms with van der Waals surface area (Å²) in [6.45, 7) is 0.359. The van der Waals surface area contributed by atoms with Crippen LogP contribution in [0.2, 0.25) is 5.02 Å². The van der Waals surface area contributed by atoms with Crippen molar-refractivity contribution >= 4 is 38.9 Å². The quantitative estimate of drug-likeness (QED) is 0.881. The Morgan fingerprint density at radius 1 is 1.33 bits per heavy atom. The molecule has 0 saturated heterocycles. The van der Waals surface area contributed by atoms with Crippen LogP contribution in [0, 0.1) is 0 Å². The fourth-order valence-corrected chi connectivity index (χ4v) is 3.70. The molecule has 0 fully saturated rings. The van der Waals surface area contributed by atoms with Gasteiger partial charge in [-0.05, 0) is 23.1 Å². The lowest BCUT2D eigenvalue weighted by Gasteiger charge is -2.22. The van der Waals surface area contributed by atoms with Crippen molar-refractivity contribution in [2.24, 2.45) is 5.73 Å². The van der Waals surface area contributed by atoms with E-state index >= 15 is 0 Å². The molecule has 0 aliphatic carbocycles. The minimum absolute atomic E-state index is 0.170. The van der Waals surface area contributed by atoms with Crippen LogP contribution in [0.15, 0.2) is 40.2 Å². The summed E-state index contributed by atoms with van der Waals surface area (Å²) in [6, 6.07) is 9.57. The molecule has 18 heavy (non-hydrogen) atoms. The minimum atomic E-state index is -0.679. The first kappa shape index (κ1) is 14.0. The van der Waals surface area contributed by atoms with Gasteiger partial charge in [0.1, 0.15) is 0 Å². The lowest BCUT2D eigenvalue weighted by Crippen LogP contribution is -2.20. The van der Waals surface area contributed by atoms with Crippen molar-refractivity contribution in [2.75, 3.05) is 6.54 Å². The summed E-state index contributed by atoms with van der Waals surface area (Å²) in [6.07, 6.45) is -0.679. The zero-order valence-electron chi connectivity index (χ0n) is 9.51. The Hall–Kier alpha value is -0.390. The van der Waals surface area contributed by atoms with Crippen molar-refractivity contribution in [1.29, 1.82) is 0 Å². The standard InChI is InChI=1S/C13H13BrClNOS/c14-10-4-2-1-3-8(10)9(7-16)12(17)13-11(15)5-6-18-13/h1-6,9,12,17H,7,16H2. The van der Waals surface area contributed by atoms with Crippen LogP contribution in [-0.4, -0.2) is 11.7 Å². The van der Waals surface area contributed by atoms with Crippen molar-refractivity contribution in [3.05, 3.63) is 55.6 Å². The van der Waals surface area contributed by atoms with Crippen LogP contribution in [0.1, 0.15) is 22.5 Å². The van der Waals surface area contributed by atoms with Gasteiger partial charge in [-0.25, -0.2) is 0 Å². The first-order chi connectivity index (χ1) is 8.65. The van der Waals surface area contributed by atoms with Gasteiger partial charge in [-0.15, -0.1) is 11.3 Å². The van der Waals surface area contributed by atoms with E-state index < -0.39 is 6.10 Å². The predicted molar refractivity (Wildman–Crippen MR) is 80.2 cm³/mol. The summed E-state index contributed by atoms with van der Waals surface area (Å²) in [5.41, 5.74) is 6.81. The highest BCUT2D eigenvalue weighted by atomic mass is 79.9. The number of aliphatic hydroxyl groups is 1. The molecule has 0 saturated carbocycles. The fourth-order valence-electron chi connectivity index (χ4n) is 1.90. The third kappa shape index (κ3) is 2.78. The van der Waals surface area contributed by atoms with Crippen LogP contribution in [-0.2, 0) is 0 Å². The Morgan fingerprint density at radius 3 is 2.61 bits per heavy atom. The molecule has 2 aromatic rings. The SMILES string of the molecule is NCC(c1ccccc1Br)C(O)c1sccc1Cl. The molecule has 0 amide bonds. The van der Waals surface area contributed by atoms with Gasteiger partial charge in [0.15, 0.2) is 0 Å². The molecule has 2 nitrogen and oxygen atoms in total. The van der Waals surface area contributed by atoms with Crippen molar-refractivity contribution in [3.8, 4) is 0 Å². The molecule has 0 bridgehead atoms. The largest absolute Gasteiger partial charge is 0.387 e. The summed E-state index contributed by atoms with van der Waals surface area (Å²) >= 11 is 11.0. The summed E-state index contributed by atoms with van der Waals surface area (Å²) in [4.78, 5) is 0.767. The molecule has 2 atom stereocenters. The maximum Gasteiger partial charge on any atom is 0.0977 e. The number of aliphatic hydroxyl groups excluding tert-OH is 1. The number of nitrogens with two attached hydrogens (primary N) is 1. The zero-order chi connectivity index (χ0) is 13.1. The fraction of sp³-hybridized carbons (Fsp3) is 0.231. The zero-order valence-corrected chi connectivity index (χ0v) is 12.7. The molecule has 3 N–H and O–H groups in total. The highest BCUT2D eigenvalue weighted by Gasteiger charge is 2.25. The molecule has 0 spiro atoms. The Balaban J connectivity index is 2.35. The van der Waals surface area contributed by atoms with Crippen molar-refractivity contribution < 1.29 is 5.11 Å². The molecule has 0 aliphatic rings. The lowest BCUT2D eigenvalue weighted by molar-refractivity contribution is 0.151. The molecule has 1 heterocycles. The van der Waals surface area contributed by atoms with Gasteiger partial charge in [0, 0.05) is 16.9 Å². The van der Waals surface area contributed by atoms with Gasteiger partial charge in [-0.1, -0.05) is 45.7 Å². The van der Waals surface area contributed by atoms with Crippen molar-refractivity contribution in [3.63, 3.8) is 0 Å². The van der Waals surface area contributed by atoms with Crippen LogP contribution in [0.3, 0.4) is 0 Å². The summed E-state index contributed by atoms with van der Waals surface area (Å²) in [7, 11) is 0. The van der Waals surface area contributed by atoms with E-state index in [4.69, 9.17) is 17.3 Å². The first-order valence-corrected chi connectivity index (χ1v) is 7.55. The topological polar surface area (TPSA) is 46.2 Å². The smallest absolute Gasteiger partial charge is 0.0977 e. The van der Waals surface area contributed by atoms with E-state index in [1.165, 1.54) is 11.3 Å². The number of hydrogen-bond donors (Lipinski definition) is 2. The first-order valence-electron chi connectivity index (χ1n) is 5.50. The van der Waals surface area contributed by atoms with Gasteiger partial charge in [0.05, 0.1) is 16.0 Å². The van der Waals surface area contributed by atoms with Crippen molar-refractivity contribution in [2.45, 2.75) is 12.0 Å². The van der Waals surface area contributed by atoms with Gasteiger partial charge < -0.3 is 10.8 Å². The molecule has 2 rings (SSSR count). The average molecular weight is 347 g/mol. The predicted octanol–water partition coefficient (Wildman–Crippen LogP) is 3.94. The summed E-state index contributed by atoms with van der Waals surface area (Å²) in [5, 5.41) is 12.9. The Morgan fingerprint density at radius 2 is 2.06 bits per heavy atom. The Labute approximate surface area is 124 Å². The molecular formula is C13H13BrClNOS. The van der Waals surface area contributed by atoms with Crippen LogP contribution < -0.4 is 5.73 Å². The van der Waals surface area contributed by atoms with Gasteiger partial charge in [0.2, 0.25) is 0 Å². The van der Waals surface area contributed by atoms with E-state index in [9.17, 15) is 5.11 Å². The van der Waals surface area contributed by atoms with Crippen LogP contribution in [0.5, 0.6) is 0 Å². The van der Waals surface area contributed by atoms with Gasteiger partial charge >= 0.3 is 0 Å². The van der Waals surface area contributed by atoms with E-state index in [1.54, 1.807) is 6.07 Å². The monoisotopic (exact) mass is 345 g/mol. The lowest BCUT2D eigenvalue weighted by atomic mass is 9.92. The maximum absolute atomic E-state index is 10.5. The minimum Gasteiger partial charge on any atom is -0.387 e. The average Bonchev–Trinajstić information content (AvgIpc) is 2.78. The number of halogens is 2. The third-order valence-corrected chi connectivity index (χ3v) is 5.00. The Bertz CT molecular complexity index is 531. The van der Waals surface area contributed by atoms with E-state index in [0.717, 1.165) is 14.9 Å². The third-order valence-electron chi connectivity index (χ3n) is 2.85. The molecule has 0 aliphatic heterocycles.